The predicted octanol–water partition coefficient (Wildman–Crippen LogP) is 2.01. The van der Waals surface area contributed by atoms with E-state index >= 15 is 0 Å². The maximum Gasteiger partial charge on any atom is 0.185 e. The molecule has 0 bridgehead atoms. The van der Waals surface area contributed by atoms with Crippen LogP contribution in [0.3, 0.4) is 0 Å². The zero-order valence-corrected chi connectivity index (χ0v) is 9.77. The Bertz CT molecular complexity index is 675. The summed E-state index contributed by atoms with van der Waals surface area (Å²) in [7, 11) is 0. The fraction of sp³-hybridized carbons (Fsp3) is 0.250. The first-order chi connectivity index (χ1) is 9.13. The molecule has 1 aliphatic rings. The van der Waals surface area contributed by atoms with Gasteiger partial charge in [0, 0.05) is 18.1 Å². The lowest BCUT2D eigenvalue weighted by Crippen LogP contribution is -2.19. The number of aromatic nitrogens is 1. The first-order valence-electron chi connectivity index (χ1n) is 5.66. The summed E-state index contributed by atoms with van der Waals surface area (Å²) in [5.74, 6) is 2.02. The van der Waals surface area contributed by atoms with Gasteiger partial charge in [-0.05, 0) is 0 Å². The van der Waals surface area contributed by atoms with Crippen LogP contribution >= 0.6 is 0 Å². The molecule has 2 aromatic rings. The molecule has 1 aromatic heterocycles. The lowest BCUT2D eigenvalue weighted by molar-refractivity contribution is 0.110. The molecule has 0 amide bonds. The van der Waals surface area contributed by atoms with Crippen LogP contribution in [-0.4, -0.2) is 11.6 Å². The van der Waals surface area contributed by atoms with Gasteiger partial charge in [-0.2, -0.15) is 0 Å². The number of hydrogen-bond acceptors (Lipinski definition) is 4. The molecule has 100 valence electrons. The standard InChI is InChI=1S/C12H10F3N3O/c13-6-3-7(14)10(15)12-9(6)11(18-16)5-4-19-2-1-8(5)17-12/h3H,1-2,4,16H2,(H,17,18). The molecule has 1 aromatic carbocycles. The fourth-order valence-electron chi connectivity index (χ4n) is 2.29. The minimum absolute atomic E-state index is 0.161. The molecule has 1 aliphatic heterocycles. The molecule has 3 rings (SSSR count). The maximum atomic E-state index is 13.9. The Morgan fingerprint density at radius 2 is 2.05 bits per heavy atom. The third kappa shape index (κ3) is 1.73. The van der Waals surface area contributed by atoms with E-state index in [-0.39, 0.29) is 23.2 Å². The van der Waals surface area contributed by atoms with Crippen LogP contribution in [0.4, 0.5) is 18.9 Å². The first-order valence-corrected chi connectivity index (χ1v) is 5.66. The number of benzene rings is 1. The van der Waals surface area contributed by atoms with Crippen molar-refractivity contribution in [3.63, 3.8) is 0 Å². The average Bonchev–Trinajstić information content (AvgIpc) is 2.42. The number of pyridine rings is 1. The second-order valence-corrected chi connectivity index (χ2v) is 4.24. The van der Waals surface area contributed by atoms with E-state index in [2.05, 4.69) is 10.4 Å². The van der Waals surface area contributed by atoms with Gasteiger partial charge in [0.1, 0.15) is 11.3 Å². The number of ether oxygens (including phenoxy) is 1. The van der Waals surface area contributed by atoms with Crippen molar-refractivity contribution < 1.29 is 17.9 Å². The molecule has 7 heteroatoms. The van der Waals surface area contributed by atoms with E-state index in [0.29, 0.717) is 30.4 Å². The van der Waals surface area contributed by atoms with Gasteiger partial charge in [0.15, 0.2) is 11.6 Å². The molecule has 0 spiro atoms. The summed E-state index contributed by atoms with van der Waals surface area (Å²) in [4.78, 5) is 4.01. The van der Waals surface area contributed by atoms with E-state index in [4.69, 9.17) is 10.6 Å². The summed E-state index contributed by atoms with van der Waals surface area (Å²) in [6.45, 7) is 0.630. The maximum absolute atomic E-state index is 13.9. The molecular weight excluding hydrogens is 259 g/mol. The lowest BCUT2D eigenvalue weighted by atomic mass is 10.0. The van der Waals surface area contributed by atoms with Crippen molar-refractivity contribution in [1.82, 2.24) is 4.98 Å². The molecule has 0 atom stereocenters. The zero-order chi connectivity index (χ0) is 13.6. The van der Waals surface area contributed by atoms with Crippen molar-refractivity contribution >= 4 is 16.6 Å². The number of rotatable bonds is 1. The molecule has 0 aliphatic carbocycles. The van der Waals surface area contributed by atoms with Crippen LogP contribution in [0.1, 0.15) is 11.3 Å². The van der Waals surface area contributed by atoms with Crippen molar-refractivity contribution in [2.75, 3.05) is 12.0 Å². The number of halogens is 3. The van der Waals surface area contributed by atoms with E-state index < -0.39 is 17.5 Å². The summed E-state index contributed by atoms with van der Waals surface area (Å²) in [5.41, 5.74) is 3.28. The van der Waals surface area contributed by atoms with E-state index in [1.165, 1.54) is 0 Å². The smallest absolute Gasteiger partial charge is 0.185 e. The fourth-order valence-corrected chi connectivity index (χ4v) is 2.29. The van der Waals surface area contributed by atoms with Gasteiger partial charge in [0.05, 0.1) is 30.0 Å². The molecule has 0 unspecified atom stereocenters. The van der Waals surface area contributed by atoms with E-state index in [1.807, 2.05) is 0 Å². The van der Waals surface area contributed by atoms with Gasteiger partial charge in [-0.3, -0.25) is 5.84 Å². The summed E-state index contributed by atoms with van der Waals surface area (Å²) in [5, 5.41) is -0.161. The number of hydrazine groups is 1. The normalized spacial score (nSPS) is 14.5. The summed E-state index contributed by atoms with van der Waals surface area (Å²) >= 11 is 0. The Morgan fingerprint density at radius 1 is 1.26 bits per heavy atom. The highest BCUT2D eigenvalue weighted by Gasteiger charge is 2.23. The second kappa shape index (κ2) is 4.36. The number of anilines is 1. The summed E-state index contributed by atoms with van der Waals surface area (Å²) < 4.78 is 46.1. The lowest BCUT2D eigenvalue weighted by Gasteiger charge is -2.21. The first kappa shape index (κ1) is 12.2. The van der Waals surface area contributed by atoms with Crippen molar-refractivity contribution in [2.45, 2.75) is 13.0 Å². The van der Waals surface area contributed by atoms with Gasteiger partial charge in [-0.1, -0.05) is 0 Å². The van der Waals surface area contributed by atoms with Gasteiger partial charge >= 0.3 is 0 Å². The topological polar surface area (TPSA) is 60.2 Å². The number of nitrogens with one attached hydrogen (secondary N) is 1. The molecule has 0 radical (unpaired) electrons. The van der Waals surface area contributed by atoms with Crippen LogP contribution in [-0.2, 0) is 17.8 Å². The highest BCUT2D eigenvalue weighted by molar-refractivity contribution is 5.94. The Hall–Kier alpha value is -1.86. The third-order valence-corrected chi connectivity index (χ3v) is 3.17. The Balaban J connectivity index is 2.46. The van der Waals surface area contributed by atoms with Crippen molar-refractivity contribution in [3.8, 4) is 0 Å². The monoisotopic (exact) mass is 269 g/mol. The molecule has 2 heterocycles. The molecule has 0 saturated carbocycles. The van der Waals surface area contributed by atoms with E-state index in [0.717, 1.165) is 0 Å². The van der Waals surface area contributed by atoms with Crippen LogP contribution in [0, 0.1) is 17.5 Å². The van der Waals surface area contributed by atoms with Crippen LogP contribution < -0.4 is 11.3 Å². The summed E-state index contributed by atoms with van der Waals surface area (Å²) in [6.07, 6.45) is 0.442. The summed E-state index contributed by atoms with van der Waals surface area (Å²) in [6, 6.07) is 0.482. The molecule has 0 fully saturated rings. The van der Waals surface area contributed by atoms with Crippen LogP contribution in [0.25, 0.3) is 10.9 Å². The number of nitrogens with two attached hydrogens (primary N) is 1. The molecule has 0 saturated heterocycles. The number of nitrogen functional groups attached to an aromatic ring is 1. The van der Waals surface area contributed by atoms with Crippen LogP contribution in [0.15, 0.2) is 6.07 Å². The number of fused-ring (bicyclic) bond motifs is 2. The van der Waals surface area contributed by atoms with Gasteiger partial charge < -0.3 is 10.2 Å². The Morgan fingerprint density at radius 3 is 2.79 bits per heavy atom. The van der Waals surface area contributed by atoms with E-state index in [9.17, 15) is 13.2 Å². The van der Waals surface area contributed by atoms with Gasteiger partial charge in [0.2, 0.25) is 0 Å². The van der Waals surface area contributed by atoms with Crippen molar-refractivity contribution in [2.24, 2.45) is 5.84 Å². The minimum Gasteiger partial charge on any atom is -0.376 e. The van der Waals surface area contributed by atoms with Crippen LogP contribution in [0.5, 0.6) is 0 Å². The average molecular weight is 269 g/mol. The second-order valence-electron chi connectivity index (χ2n) is 4.24. The highest BCUT2D eigenvalue weighted by atomic mass is 19.2. The van der Waals surface area contributed by atoms with Crippen molar-refractivity contribution in [3.05, 3.63) is 34.8 Å². The van der Waals surface area contributed by atoms with Crippen molar-refractivity contribution in [1.29, 1.82) is 0 Å². The minimum atomic E-state index is -1.27. The largest absolute Gasteiger partial charge is 0.376 e. The number of hydrogen-bond donors (Lipinski definition) is 2. The Kier molecular flexibility index (Phi) is 2.79. The Labute approximate surface area is 106 Å². The number of nitrogens with zero attached hydrogens (tertiary/aromatic N) is 1. The molecule has 3 N–H and O–H groups in total. The third-order valence-electron chi connectivity index (χ3n) is 3.17. The van der Waals surface area contributed by atoms with E-state index in [1.54, 1.807) is 0 Å². The van der Waals surface area contributed by atoms with Gasteiger partial charge in [-0.15, -0.1) is 0 Å². The predicted molar refractivity (Wildman–Crippen MR) is 62.8 cm³/mol. The molecule has 4 nitrogen and oxygen atoms in total. The van der Waals surface area contributed by atoms with Crippen LogP contribution in [0.2, 0.25) is 0 Å². The zero-order valence-electron chi connectivity index (χ0n) is 9.77. The quantitative estimate of drug-likeness (QED) is 0.472. The molecular formula is C12H10F3N3O. The van der Waals surface area contributed by atoms with Gasteiger partial charge in [0.25, 0.3) is 0 Å². The SMILES string of the molecule is NNc1c2c(nc3c(F)c(F)cc(F)c13)CCOC2. The highest BCUT2D eigenvalue weighted by Crippen LogP contribution is 2.34. The molecule has 19 heavy (non-hydrogen) atoms. The van der Waals surface area contributed by atoms with Gasteiger partial charge in [-0.25, -0.2) is 18.2 Å².